The molecule has 140 valence electrons. The second kappa shape index (κ2) is 12.1. The summed E-state index contributed by atoms with van der Waals surface area (Å²) in [4.78, 5) is 19.5. The van der Waals surface area contributed by atoms with Crippen molar-refractivity contribution in [2.24, 2.45) is 10.7 Å². The third-order valence-corrected chi connectivity index (χ3v) is 3.21. The monoisotopic (exact) mass is 469 g/mol. The van der Waals surface area contributed by atoms with Crippen LogP contribution in [0.4, 0.5) is 5.69 Å². The number of rotatable bonds is 8. The van der Waals surface area contributed by atoms with E-state index in [1.54, 1.807) is 18.3 Å². The Morgan fingerprint density at radius 2 is 2.12 bits per heavy atom. The van der Waals surface area contributed by atoms with Gasteiger partial charge in [0.15, 0.2) is 5.96 Å². The lowest BCUT2D eigenvalue weighted by Gasteiger charge is -2.09. The van der Waals surface area contributed by atoms with Crippen LogP contribution in [-0.4, -0.2) is 36.5 Å². The predicted octanol–water partition coefficient (Wildman–Crippen LogP) is 2.18. The number of hydrogen-bond donors (Lipinski definition) is 3. The van der Waals surface area contributed by atoms with Crippen molar-refractivity contribution in [3.8, 4) is 5.75 Å². The molecular formula is C18H24IN5O2. The highest BCUT2D eigenvalue weighted by Crippen LogP contribution is 2.16. The second-order valence-corrected chi connectivity index (χ2v) is 5.32. The Kier molecular flexibility index (Phi) is 10.1. The number of guanidine groups is 1. The number of carbonyl (C=O) groups is 1. The maximum Gasteiger partial charge on any atom is 0.221 e. The number of benzene rings is 1. The lowest BCUT2D eigenvalue weighted by atomic mass is 10.3. The van der Waals surface area contributed by atoms with Crippen LogP contribution >= 0.6 is 24.0 Å². The van der Waals surface area contributed by atoms with Gasteiger partial charge in [-0.05, 0) is 24.3 Å². The van der Waals surface area contributed by atoms with Crippen molar-refractivity contribution >= 4 is 41.5 Å². The SMILES string of the molecule is CC(=O)Nc1cccc(OCCNC(N)=NCCc2ccccn2)c1.I. The first-order valence-electron chi connectivity index (χ1n) is 8.07. The molecular weight excluding hydrogens is 445 g/mol. The average Bonchev–Trinajstić information content (AvgIpc) is 2.59. The van der Waals surface area contributed by atoms with E-state index in [-0.39, 0.29) is 29.9 Å². The van der Waals surface area contributed by atoms with Gasteiger partial charge in [-0.1, -0.05) is 12.1 Å². The van der Waals surface area contributed by atoms with E-state index in [9.17, 15) is 4.79 Å². The summed E-state index contributed by atoms with van der Waals surface area (Å²) in [7, 11) is 0. The van der Waals surface area contributed by atoms with Gasteiger partial charge in [0, 0.05) is 43.5 Å². The third kappa shape index (κ3) is 8.65. The number of hydrogen-bond acceptors (Lipinski definition) is 4. The summed E-state index contributed by atoms with van der Waals surface area (Å²) < 4.78 is 5.62. The normalized spacial score (nSPS) is 10.6. The molecule has 0 unspecified atom stereocenters. The lowest BCUT2D eigenvalue weighted by Crippen LogP contribution is -2.35. The number of pyridine rings is 1. The first-order chi connectivity index (χ1) is 12.1. The molecule has 4 N–H and O–H groups in total. The molecule has 0 spiro atoms. The van der Waals surface area contributed by atoms with Crippen LogP contribution in [0.25, 0.3) is 0 Å². The average molecular weight is 469 g/mol. The van der Waals surface area contributed by atoms with Crippen LogP contribution in [0.1, 0.15) is 12.6 Å². The summed E-state index contributed by atoms with van der Waals surface area (Å²) in [5.41, 5.74) is 7.50. The van der Waals surface area contributed by atoms with Gasteiger partial charge in [-0.15, -0.1) is 24.0 Å². The summed E-state index contributed by atoms with van der Waals surface area (Å²) in [6.45, 7) is 3.01. The third-order valence-electron chi connectivity index (χ3n) is 3.21. The van der Waals surface area contributed by atoms with E-state index < -0.39 is 0 Å². The van der Waals surface area contributed by atoms with E-state index in [0.29, 0.717) is 37.1 Å². The maximum atomic E-state index is 11.0. The van der Waals surface area contributed by atoms with Gasteiger partial charge in [0.2, 0.25) is 5.91 Å². The van der Waals surface area contributed by atoms with Gasteiger partial charge >= 0.3 is 0 Å². The van der Waals surface area contributed by atoms with Gasteiger partial charge in [0.1, 0.15) is 12.4 Å². The zero-order valence-electron chi connectivity index (χ0n) is 14.6. The Balaban J connectivity index is 0.00000338. The van der Waals surface area contributed by atoms with Crippen LogP contribution in [0.5, 0.6) is 5.75 Å². The molecule has 2 aromatic rings. The zero-order valence-corrected chi connectivity index (χ0v) is 17.0. The summed E-state index contributed by atoms with van der Waals surface area (Å²) in [6, 6.07) is 13.0. The van der Waals surface area contributed by atoms with Crippen LogP contribution in [0.15, 0.2) is 53.7 Å². The van der Waals surface area contributed by atoms with Crippen molar-refractivity contribution in [3.05, 3.63) is 54.4 Å². The fraction of sp³-hybridized carbons (Fsp3) is 0.278. The van der Waals surface area contributed by atoms with Gasteiger partial charge in [-0.3, -0.25) is 14.8 Å². The number of aromatic nitrogens is 1. The standard InChI is InChI=1S/C18H23N5O2.HI/c1-14(24)23-16-6-4-7-17(13-16)25-12-11-22-18(19)21-10-8-15-5-2-3-9-20-15;/h2-7,9,13H,8,10-12H2,1H3,(H,23,24)(H3,19,21,22);1H. The second-order valence-electron chi connectivity index (χ2n) is 5.32. The van der Waals surface area contributed by atoms with E-state index in [1.165, 1.54) is 6.92 Å². The molecule has 1 aromatic carbocycles. The molecule has 1 amide bonds. The van der Waals surface area contributed by atoms with Crippen LogP contribution < -0.4 is 21.1 Å². The van der Waals surface area contributed by atoms with Crippen LogP contribution in [0.2, 0.25) is 0 Å². The summed E-state index contributed by atoms with van der Waals surface area (Å²) in [6.07, 6.45) is 2.51. The van der Waals surface area contributed by atoms with Crippen molar-refractivity contribution in [2.45, 2.75) is 13.3 Å². The zero-order chi connectivity index (χ0) is 17.9. The molecule has 2 rings (SSSR count). The molecule has 0 aliphatic rings. The van der Waals surface area contributed by atoms with Gasteiger partial charge in [-0.2, -0.15) is 0 Å². The summed E-state index contributed by atoms with van der Waals surface area (Å²) in [5.74, 6) is 0.943. The van der Waals surface area contributed by atoms with E-state index in [2.05, 4.69) is 20.6 Å². The van der Waals surface area contributed by atoms with Crippen molar-refractivity contribution in [3.63, 3.8) is 0 Å². The number of anilines is 1. The highest BCUT2D eigenvalue weighted by atomic mass is 127. The molecule has 8 heteroatoms. The molecule has 0 radical (unpaired) electrons. The van der Waals surface area contributed by atoms with Crippen molar-refractivity contribution in [1.82, 2.24) is 10.3 Å². The number of nitrogens with one attached hydrogen (secondary N) is 2. The van der Waals surface area contributed by atoms with Crippen molar-refractivity contribution in [1.29, 1.82) is 0 Å². The first kappa shape index (κ1) is 21.7. The fourth-order valence-electron chi connectivity index (χ4n) is 2.11. The maximum absolute atomic E-state index is 11.0. The Bertz CT molecular complexity index is 710. The van der Waals surface area contributed by atoms with Gasteiger partial charge < -0.3 is 21.1 Å². The highest BCUT2D eigenvalue weighted by molar-refractivity contribution is 14.0. The smallest absolute Gasteiger partial charge is 0.221 e. The van der Waals surface area contributed by atoms with Gasteiger partial charge in [0.05, 0.1) is 6.54 Å². The van der Waals surface area contributed by atoms with Crippen molar-refractivity contribution < 1.29 is 9.53 Å². The Hall–Kier alpha value is -2.36. The number of nitrogens with zero attached hydrogens (tertiary/aromatic N) is 2. The van der Waals surface area contributed by atoms with Crippen LogP contribution in [0, 0.1) is 0 Å². The number of amides is 1. The molecule has 0 fully saturated rings. The minimum absolute atomic E-state index is 0. The molecule has 7 nitrogen and oxygen atoms in total. The Morgan fingerprint density at radius 1 is 1.27 bits per heavy atom. The number of carbonyl (C=O) groups excluding carboxylic acids is 1. The quantitative estimate of drug-likeness (QED) is 0.238. The minimum atomic E-state index is -0.117. The van der Waals surface area contributed by atoms with E-state index >= 15 is 0 Å². The first-order valence-corrected chi connectivity index (χ1v) is 8.07. The largest absolute Gasteiger partial charge is 0.492 e. The molecule has 0 saturated carbocycles. The van der Waals surface area contributed by atoms with E-state index in [1.807, 2.05) is 30.3 Å². The predicted molar refractivity (Wildman–Crippen MR) is 114 cm³/mol. The van der Waals surface area contributed by atoms with Crippen LogP contribution in [0.3, 0.4) is 0 Å². The molecule has 0 bridgehead atoms. The topological polar surface area (TPSA) is 102 Å². The van der Waals surface area contributed by atoms with Crippen LogP contribution in [-0.2, 0) is 11.2 Å². The summed E-state index contributed by atoms with van der Waals surface area (Å²) >= 11 is 0. The highest BCUT2D eigenvalue weighted by Gasteiger charge is 1.99. The Morgan fingerprint density at radius 3 is 2.85 bits per heavy atom. The fourth-order valence-corrected chi connectivity index (χ4v) is 2.11. The number of nitrogens with two attached hydrogens (primary N) is 1. The molecule has 1 heterocycles. The molecule has 1 aromatic heterocycles. The number of halogens is 1. The van der Waals surface area contributed by atoms with E-state index in [0.717, 1.165) is 12.1 Å². The molecule has 0 aliphatic heterocycles. The molecule has 0 saturated heterocycles. The van der Waals surface area contributed by atoms with Crippen molar-refractivity contribution in [2.75, 3.05) is 25.0 Å². The number of ether oxygens (including phenoxy) is 1. The van der Waals surface area contributed by atoms with Gasteiger partial charge in [-0.25, -0.2) is 0 Å². The lowest BCUT2D eigenvalue weighted by molar-refractivity contribution is -0.114. The van der Waals surface area contributed by atoms with E-state index in [4.69, 9.17) is 10.5 Å². The molecule has 0 atom stereocenters. The number of aliphatic imine (C=N–C) groups is 1. The molecule has 26 heavy (non-hydrogen) atoms. The van der Waals surface area contributed by atoms with Gasteiger partial charge in [0.25, 0.3) is 0 Å². The Labute approximate surface area is 170 Å². The minimum Gasteiger partial charge on any atom is -0.492 e. The summed E-state index contributed by atoms with van der Waals surface area (Å²) in [5, 5.41) is 5.71. The molecule has 0 aliphatic carbocycles.